The normalized spacial score (nSPS) is 14.9. The number of nitrogens with zero attached hydrogens (tertiary/aromatic N) is 1. The predicted molar refractivity (Wildman–Crippen MR) is 307 cm³/mol. The molecule has 11 aromatic rings. The fraction of sp³-hybridized carbons (Fsp3) is 0.0556. The van der Waals surface area contributed by atoms with E-state index in [0.29, 0.717) is 0 Å². The summed E-state index contributed by atoms with van der Waals surface area (Å²) in [6.45, 7) is 8.88. The van der Waals surface area contributed by atoms with Crippen molar-refractivity contribution in [3.63, 3.8) is 0 Å². The van der Waals surface area contributed by atoms with Gasteiger partial charge in [-0.3, -0.25) is 0 Å². The first-order valence-electron chi connectivity index (χ1n) is 25.5. The van der Waals surface area contributed by atoms with Crippen LogP contribution in [0.5, 0.6) is 0 Å². The Morgan fingerprint density at radius 2 is 0.658 bits per heavy atom. The fourth-order valence-electron chi connectivity index (χ4n) is 12.8. The minimum atomic E-state index is -0.465. The summed E-state index contributed by atoms with van der Waals surface area (Å²) >= 11 is 0. The van der Waals surface area contributed by atoms with Gasteiger partial charge in [0, 0.05) is 22.5 Å². The standard InChI is InChI=1S/C72H51N/c1-4-47-16-8-9-19-58(47)54-35-42-64-61-22-12-15-25-67(61)72(70(64)45-54)66-24-14-11-21-60(66)63-41-34-53(44-69(63)72)52-28-26-49(27-29-52)51-32-38-56(39-33-51)73(55-36-30-50(31-37-55)48-17-6-5-7-18-48)57-40-43-62-59-20-10-13-23-65(59)71(2,3)68(62)46-57/h4-46H,1H2,2-3H3. The van der Waals surface area contributed by atoms with Gasteiger partial charge in [0.05, 0.1) is 5.41 Å². The van der Waals surface area contributed by atoms with E-state index < -0.39 is 5.41 Å². The number of anilines is 3. The molecule has 73 heavy (non-hydrogen) atoms. The molecular weight excluding hydrogens is 879 g/mol. The molecule has 1 nitrogen and oxygen atoms in total. The number of fused-ring (bicyclic) bond motifs is 13. The predicted octanol–water partition coefficient (Wildman–Crippen LogP) is 19.1. The second kappa shape index (κ2) is 16.5. The number of hydrogen-bond donors (Lipinski definition) is 0. The molecule has 1 unspecified atom stereocenters. The average Bonchev–Trinajstić information content (AvgIpc) is 4.03. The van der Waals surface area contributed by atoms with Gasteiger partial charge in [-0.2, -0.15) is 0 Å². The van der Waals surface area contributed by atoms with Crippen LogP contribution < -0.4 is 4.90 Å². The number of hydrogen-bond acceptors (Lipinski definition) is 1. The van der Waals surface area contributed by atoms with Crippen molar-refractivity contribution in [1.82, 2.24) is 0 Å². The SMILES string of the molecule is C=Cc1ccccc1-c1ccc2c(c1)C1(c3ccccc3-c3ccc(-c4ccc(-c5ccc(N(c6ccc(-c7ccccc7)cc6)c6ccc7c(c6)C(C)(C)c6ccccc6-7)cc5)cc4)cc31)c1ccccc1-2. The molecule has 1 heteroatoms. The summed E-state index contributed by atoms with van der Waals surface area (Å²) in [6.07, 6.45) is 1.97. The average molecular weight is 930 g/mol. The third kappa shape index (κ3) is 6.48. The lowest BCUT2D eigenvalue weighted by molar-refractivity contribution is 0.660. The summed E-state index contributed by atoms with van der Waals surface area (Å²) in [4.78, 5) is 2.40. The molecule has 0 saturated carbocycles. The maximum absolute atomic E-state index is 4.17. The maximum atomic E-state index is 4.17. The third-order valence-electron chi connectivity index (χ3n) is 16.3. The summed E-state index contributed by atoms with van der Waals surface area (Å²) in [7, 11) is 0. The Hall–Kier alpha value is -9.04. The van der Waals surface area contributed by atoms with Crippen molar-refractivity contribution >= 4 is 23.1 Å². The molecule has 0 N–H and O–H groups in total. The number of benzene rings is 11. The molecule has 0 aliphatic heterocycles. The summed E-state index contributed by atoms with van der Waals surface area (Å²) in [5.74, 6) is 0. The van der Waals surface area contributed by atoms with Gasteiger partial charge in [-0.1, -0.05) is 233 Å². The first-order chi connectivity index (χ1) is 35.9. The highest BCUT2D eigenvalue weighted by Crippen LogP contribution is 2.63. The van der Waals surface area contributed by atoms with E-state index in [4.69, 9.17) is 0 Å². The molecule has 14 rings (SSSR count). The van der Waals surface area contributed by atoms with Crippen molar-refractivity contribution in [2.75, 3.05) is 4.90 Å². The van der Waals surface area contributed by atoms with Crippen LogP contribution in [-0.4, -0.2) is 0 Å². The topological polar surface area (TPSA) is 3.24 Å². The Kier molecular flexibility index (Phi) is 9.69. The van der Waals surface area contributed by atoms with Crippen molar-refractivity contribution in [3.05, 3.63) is 300 Å². The van der Waals surface area contributed by atoms with Crippen molar-refractivity contribution in [2.24, 2.45) is 0 Å². The molecule has 344 valence electrons. The zero-order chi connectivity index (χ0) is 48.8. The van der Waals surface area contributed by atoms with E-state index in [0.717, 1.165) is 22.6 Å². The van der Waals surface area contributed by atoms with E-state index in [1.807, 2.05) is 6.08 Å². The Balaban J connectivity index is 0.827. The Morgan fingerprint density at radius 1 is 0.288 bits per heavy atom. The molecule has 0 fully saturated rings. The lowest BCUT2D eigenvalue weighted by Crippen LogP contribution is -2.26. The van der Waals surface area contributed by atoms with Gasteiger partial charge in [0.25, 0.3) is 0 Å². The van der Waals surface area contributed by atoms with Gasteiger partial charge in [-0.05, 0) is 165 Å². The van der Waals surface area contributed by atoms with Crippen LogP contribution in [0, 0.1) is 0 Å². The van der Waals surface area contributed by atoms with E-state index in [-0.39, 0.29) is 5.41 Å². The zero-order valence-electron chi connectivity index (χ0n) is 41.0. The van der Waals surface area contributed by atoms with E-state index in [2.05, 4.69) is 280 Å². The molecule has 0 radical (unpaired) electrons. The molecule has 1 atom stereocenters. The molecule has 3 aliphatic rings. The zero-order valence-corrected chi connectivity index (χ0v) is 41.0. The molecule has 11 aromatic carbocycles. The highest BCUT2D eigenvalue weighted by atomic mass is 15.1. The van der Waals surface area contributed by atoms with E-state index in [9.17, 15) is 0 Å². The van der Waals surface area contributed by atoms with Gasteiger partial charge in [0.1, 0.15) is 0 Å². The fourth-order valence-corrected chi connectivity index (χ4v) is 12.8. The van der Waals surface area contributed by atoms with Gasteiger partial charge < -0.3 is 4.90 Å². The molecule has 1 spiro atoms. The minimum Gasteiger partial charge on any atom is -0.310 e. The van der Waals surface area contributed by atoms with Crippen LogP contribution in [0.25, 0.3) is 84.0 Å². The number of rotatable bonds is 8. The molecule has 0 bridgehead atoms. The summed E-state index contributed by atoms with van der Waals surface area (Å²) in [5.41, 5.74) is 29.5. The van der Waals surface area contributed by atoms with Gasteiger partial charge in [-0.15, -0.1) is 0 Å². The molecule has 0 aromatic heterocycles. The molecule has 3 aliphatic carbocycles. The minimum absolute atomic E-state index is 0.108. The van der Waals surface area contributed by atoms with Gasteiger partial charge >= 0.3 is 0 Å². The molecule has 0 heterocycles. The van der Waals surface area contributed by atoms with Gasteiger partial charge in [-0.25, -0.2) is 0 Å². The lowest BCUT2D eigenvalue weighted by Gasteiger charge is -2.31. The van der Waals surface area contributed by atoms with E-state index in [1.165, 1.54) is 111 Å². The van der Waals surface area contributed by atoms with Crippen molar-refractivity contribution < 1.29 is 0 Å². The van der Waals surface area contributed by atoms with Gasteiger partial charge in [0.2, 0.25) is 0 Å². The van der Waals surface area contributed by atoms with Crippen molar-refractivity contribution in [3.8, 4) is 77.9 Å². The highest BCUT2D eigenvalue weighted by molar-refractivity contribution is 5.97. The van der Waals surface area contributed by atoms with E-state index in [1.54, 1.807) is 0 Å². The Labute approximate surface area is 428 Å². The van der Waals surface area contributed by atoms with E-state index >= 15 is 0 Å². The van der Waals surface area contributed by atoms with Gasteiger partial charge in [0.15, 0.2) is 0 Å². The van der Waals surface area contributed by atoms with Crippen LogP contribution in [0.2, 0.25) is 0 Å². The summed E-state index contributed by atoms with van der Waals surface area (Å²) in [5, 5.41) is 0. The Bertz CT molecular complexity index is 3980. The first-order valence-corrected chi connectivity index (χ1v) is 25.5. The van der Waals surface area contributed by atoms with Crippen LogP contribution >= 0.6 is 0 Å². The van der Waals surface area contributed by atoms with Crippen molar-refractivity contribution in [2.45, 2.75) is 24.7 Å². The monoisotopic (exact) mass is 929 g/mol. The molecule has 0 saturated heterocycles. The summed E-state index contributed by atoms with van der Waals surface area (Å²) in [6, 6.07) is 94.8. The highest BCUT2D eigenvalue weighted by Gasteiger charge is 2.52. The van der Waals surface area contributed by atoms with Crippen LogP contribution in [0.4, 0.5) is 17.1 Å². The largest absolute Gasteiger partial charge is 0.310 e. The first kappa shape index (κ1) is 42.8. The van der Waals surface area contributed by atoms with Crippen LogP contribution in [0.1, 0.15) is 52.8 Å². The quantitative estimate of drug-likeness (QED) is 0.147. The maximum Gasteiger partial charge on any atom is 0.0725 e. The molecular formula is C72H51N. The Morgan fingerprint density at radius 3 is 1.23 bits per heavy atom. The second-order valence-electron chi connectivity index (χ2n) is 20.4. The smallest absolute Gasteiger partial charge is 0.0725 e. The molecule has 0 amide bonds. The lowest BCUT2D eigenvalue weighted by atomic mass is 9.70. The van der Waals surface area contributed by atoms with Crippen LogP contribution in [0.15, 0.2) is 261 Å². The van der Waals surface area contributed by atoms with Crippen molar-refractivity contribution in [1.29, 1.82) is 0 Å². The third-order valence-corrected chi connectivity index (χ3v) is 16.3. The summed E-state index contributed by atoms with van der Waals surface area (Å²) < 4.78 is 0. The second-order valence-corrected chi connectivity index (χ2v) is 20.4. The van der Waals surface area contributed by atoms with Crippen LogP contribution in [0.3, 0.4) is 0 Å². The van der Waals surface area contributed by atoms with Crippen LogP contribution in [-0.2, 0) is 10.8 Å².